The number of hydrogen-bond acceptors (Lipinski definition) is 4. The van der Waals surface area contributed by atoms with Gasteiger partial charge in [0.2, 0.25) is 0 Å². The number of carbonyl (C=O) groups is 2. The van der Waals surface area contributed by atoms with Crippen LogP contribution in [0, 0.1) is 56.7 Å². The minimum atomic E-state index is -1.00. The van der Waals surface area contributed by atoms with Crippen molar-refractivity contribution >= 4 is 12.1 Å². The predicted molar refractivity (Wildman–Crippen MR) is 133 cm³/mol. The minimum absolute atomic E-state index is 0.0233. The van der Waals surface area contributed by atoms with E-state index in [-0.39, 0.29) is 39.4 Å². The highest BCUT2D eigenvalue weighted by molar-refractivity contribution is 5.85. The Labute approximate surface area is 206 Å². The molecule has 11 unspecified atom stereocenters. The van der Waals surface area contributed by atoms with Gasteiger partial charge in [-0.1, -0.05) is 60.1 Å². The van der Waals surface area contributed by atoms with Crippen LogP contribution in [-0.2, 0) is 9.59 Å². The number of hydrogen-bond donors (Lipinski definition) is 2. The molecule has 11 atom stereocenters. The molecular weight excluding hydrogens is 424 g/mol. The van der Waals surface area contributed by atoms with E-state index in [9.17, 15) is 19.8 Å². The van der Waals surface area contributed by atoms with E-state index in [1.165, 1.54) is 5.57 Å². The lowest BCUT2D eigenvalue weighted by Gasteiger charge is -2.71. The number of ketones is 1. The highest BCUT2D eigenvalue weighted by Crippen LogP contribution is 2.75. The maximum atomic E-state index is 12.9. The second-order valence-corrected chi connectivity index (χ2v) is 14.3. The van der Waals surface area contributed by atoms with E-state index < -0.39 is 17.6 Å². The average molecular weight is 471 g/mol. The van der Waals surface area contributed by atoms with Crippen molar-refractivity contribution in [2.24, 2.45) is 56.7 Å². The Hall–Kier alpha value is -1.00. The first-order valence-electron chi connectivity index (χ1n) is 13.8. The summed E-state index contributed by atoms with van der Waals surface area (Å²) in [6, 6.07) is 0. The normalized spacial score (nSPS) is 56.3. The SMILES string of the molecule is CC1C(C)C2C3=CCC4C5(C)CCC(=O)C(C)(C)C5CCC4(C)C3(C)CCC2(C=O)C(O)C1O. The lowest BCUT2D eigenvalue weighted by Crippen LogP contribution is -2.67. The first-order valence-corrected chi connectivity index (χ1v) is 13.8. The Morgan fingerprint density at radius 2 is 1.62 bits per heavy atom. The Morgan fingerprint density at radius 3 is 2.26 bits per heavy atom. The smallest absolute Gasteiger partial charge is 0.138 e. The highest BCUT2D eigenvalue weighted by Gasteiger charge is 2.70. The standard InChI is InChI=1S/C30H46O4/c1-17-18(2)24(33)25(34)30(16-31)15-14-28(6)19(23(17)30)8-9-21-27(5)12-11-22(32)26(3,4)20(27)10-13-29(21,28)7/h8,16-18,20-21,23-25,33-34H,9-15H2,1-7H3. The second-order valence-electron chi connectivity index (χ2n) is 14.3. The van der Waals surface area contributed by atoms with Gasteiger partial charge in [0.1, 0.15) is 12.1 Å². The molecule has 0 aromatic carbocycles. The predicted octanol–water partition coefficient (Wildman–Crippen LogP) is 5.35. The maximum Gasteiger partial charge on any atom is 0.138 e. The fourth-order valence-electron chi connectivity index (χ4n) is 10.7. The Bertz CT molecular complexity index is 936. The summed E-state index contributed by atoms with van der Waals surface area (Å²) >= 11 is 0. The Kier molecular flexibility index (Phi) is 5.28. The lowest BCUT2D eigenvalue weighted by atomic mass is 9.33. The van der Waals surface area contributed by atoms with Gasteiger partial charge in [-0.3, -0.25) is 4.79 Å². The van der Waals surface area contributed by atoms with E-state index >= 15 is 0 Å². The molecule has 34 heavy (non-hydrogen) atoms. The number of rotatable bonds is 1. The summed E-state index contributed by atoms with van der Waals surface area (Å²) < 4.78 is 0. The van der Waals surface area contributed by atoms with Crippen LogP contribution in [0.15, 0.2) is 11.6 Å². The molecule has 0 bridgehead atoms. The third-order valence-electron chi connectivity index (χ3n) is 13.2. The zero-order valence-electron chi connectivity index (χ0n) is 22.4. The molecular formula is C30H46O4. The first kappa shape index (κ1) is 24.7. The van der Waals surface area contributed by atoms with Crippen molar-refractivity contribution in [2.45, 2.75) is 106 Å². The van der Waals surface area contributed by atoms with E-state index in [0.717, 1.165) is 38.4 Å². The molecule has 4 saturated carbocycles. The zero-order valence-corrected chi connectivity index (χ0v) is 22.4. The van der Waals surface area contributed by atoms with Gasteiger partial charge >= 0.3 is 0 Å². The number of Topliss-reactive ketones (excluding diaryl/α,β-unsaturated/α-hetero) is 1. The topological polar surface area (TPSA) is 74.6 Å². The maximum absolute atomic E-state index is 12.9. The van der Waals surface area contributed by atoms with Crippen molar-refractivity contribution < 1.29 is 19.8 Å². The summed E-state index contributed by atoms with van der Waals surface area (Å²) in [6.07, 6.45) is 7.96. The van der Waals surface area contributed by atoms with Crippen LogP contribution in [-0.4, -0.2) is 34.5 Å². The molecule has 4 nitrogen and oxygen atoms in total. The van der Waals surface area contributed by atoms with Crippen molar-refractivity contribution in [2.75, 3.05) is 0 Å². The van der Waals surface area contributed by atoms with E-state index in [2.05, 4.69) is 47.6 Å². The van der Waals surface area contributed by atoms with Crippen molar-refractivity contribution in [3.8, 4) is 0 Å². The Morgan fingerprint density at radius 1 is 0.941 bits per heavy atom. The largest absolute Gasteiger partial charge is 0.390 e. The summed E-state index contributed by atoms with van der Waals surface area (Å²) in [5.74, 6) is 1.41. The van der Waals surface area contributed by atoms with Crippen LogP contribution in [0.5, 0.6) is 0 Å². The molecule has 4 heteroatoms. The molecule has 0 heterocycles. The van der Waals surface area contributed by atoms with E-state index in [1.807, 2.05) is 6.92 Å². The van der Waals surface area contributed by atoms with Crippen molar-refractivity contribution in [3.63, 3.8) is 0 Å². The van der Waals surface area contributed by atoms with Crippen molar-refractivity contribution in [3.05, 3.63) is 11.6 Å². The van der Waals surface area contributed by atoms with Crippen molar-refractivity contribution in [1.82, 2.24) is 0 Å². The zero-order chi connectivity index (χ0) is 25.1. The lowest BCUT2D eigenvalue weighted by molar-refractivity contribution is -0.205. The second kappa shape index (κ2) is 7.28. The van der Waals surface area contributed by atoms with E-state index in [0.29, 0.717) is 30.5 Å². The van der Waals surface area contributed by atoms with E-state index in [1.54, 1.807) is 0 Å². The average Bonchev–Trinajstić information content (AvgIpc) is 2.79. The van der Waals surface area contributed by atoms with Crippen LogP contribution < -0.4 is 0 Å². The molecule has 0 aromatic rings. The van der Waals surface area contributed by atoms with Gasteiger partial charge in [-0.15, -0.1) is 0 Å². The summed E-state index contributed by atoms with van der Waals surface area (Å²) in [6.45, 7) is 16.0. The first-order chi connectivity index (χ1) is 15.7. The number of aliphatic hydroxyl groups excluding tert-OH is 2. The molecule has 4 fully saturated rings. The van der Waals surface area contributed by atoms with Crippen LogP contribution >= 0.6 is 0 Å². The van der Waals surface area contributed by atoms with Gasteiger partial charge in [0, 0.05) is 11.8 Å². The monoisotopic (exact) mass is 470 g/mol. The minimum Gasteiger partial charge on any atom is -0.390 e. The molecule has 0 aromatic heterocycles. The molecule has 5 aliphatic rings. The van der Waals surface area contributed by atoms with Gasteiger partial charge in [0.05, 0.1) is 17.6 Å². The number of aldehydes is 1. The summed E-state index contributed by atoms with van der Waals surface area (Å²) in [7, 11) is 0. The van der Waals surface area contributed by atoms with Gasteiger partial charge < -0.3 is 15.0 Å². The molecule has 5 aliphatic carbocycles. The van der Waals surface area contributed by atoms with Crippen LogP contribution in [0.1, 0.15) is 93.4 Å². The third-order valence-corrected chi connectivity index (χ3v) is 13.2. The number of fused-ring (bicyclic) bond motifs is 7. The summed E-state index contributed by atoms with van der Waals surface area (Å²) in [5.41, 5.74) is 0.422. The Balaban J connectivity index is 1.62. The fourth-order valence-corrected chi connectivity index (χ4v) is 10.7. The van der Waals surface area contributed by atoms with E-state index in [4.69, 9.17) is 0 Å². The van der Waals surface area contributed by atoms with Gasteiger partial charge in [-0.2, -0.15) is 0 Å². The van der Waals surface area contributed by atoms with Gasteiger partial charge in [-0.05, 0) is 84.4 Å². The molecule has 5 rings (SSSR count). The fraction of sp³-hybridized carbons (Fsp3) is 0.867. The molecule has 2 N–H and O–H groups in total. The summed E-state index contributed by atoms with van der Waals surface area (Å²) in [4.78, 5) is 25.6. The van der Waals surface area contributed by atoms with Crippen LogP contribution in [0.3, 0.4) is 0 Å². The third kappa shape index (κ3) is 2.63. The number of aliphatic hydroxyl groups is 2. The molecule has 0 spiro atoms. The molecule has 0 saturated heterocycles. The molecule has 0 amide bonds. The van der Waals surface area contributed by atoms with Crippen LogP contribution in [0.4, 0.5) is 0 Å². The van der Waals surface area contributed by atoms with Gasteiger partial charge in [0.15, 0.2) is 0 Å². The quantitative estimate of drug-likeness (QED) is 0.400. The number of allylic oxidation sites excluding steroid dienone is 2. The molecule has 190 valence electrons. The van der Waals surface area contributed by atoms with Crippen molar-refractivity contribution in [1.29, 1.82) is 0 Å². The van der Waals surface area contributed by atoms with Gasteiger partial charge in [0.25, 0.3) is 0 Å². The van der Waals surface area contributed by atoms with Gasteiger partial charge in [-0.25, -0.2) is 0 Å². The summed E-state index contributed by atoms with van der Waals surface area (Å²) in [5, 5.41) is 22.0. The number of carbonyl (C=O) groups excluding carboxylic acids is 2. The van der Waals surface area contributed by atoms with Crippen LogP contribution in [0.2, 0.25) is 0 Å². The highest BCUT2D eigenvalue weighted by atomic mass is 16.3. The van der Waals surface area contributed by atoms with Crippen LogP contribution in [0.25, 0.3) is 0 Å². The molecule has 0 radical (unpaired) electrons. The molecule has 0 aliphatic heterocycles.